The Morgan fingerprint density at radius 2 is 2.00 bits per heavy atom. The molecule has 0 saturated heterocycles. The van der Waals surface area contributed by atoms with E-state index in [9.17, 15) is 4.79 Å². The van der Waals surface area contributed by atoms with E-state index in [1.54, 1.807) is 30.1 Å². The van der Waals surface area contributed by atoms with Crippen LogP contribution in [-0.4, -0.2) is 28.7 Å². The summed E-state index contributed by atoms with van der Waals surface area (Å²) in [6.45, 7) is 3.94. The van der Waals surface area contributed by atoms with Crippen LogP contribution in [0, 0.1) is 0 Å². The summed E-state index contributed by atoms with van der Waals surface area (Å²) in [5.41, 5.74) is 0.138. The van der Waals surface area contributed by atoms with Gasteiger partial charge in [-0.2, -0.15) is 0 Å². The molecule has 0 bridgehead atoms. The summed E-state index contributed by atoms with van der Waals surface area (Å²) in [5, 5.41) is 1.37. The third-order valence-corrected chi connectivity index (χ3v) is 4.91. The highest BCUT2D eigenvalue weighted by Gasteiger charge is 2.28. The van der Waals surface area contributed by atoms with E-state index >= 15 is 0 Å². The number of carbonyl (C=O) groups is 1. The summed E-state index contributed by atoms with van der Waals surface area (Å²) < 4.78 is 0. The van der Waals surface area contributed by atoms with Crippen LogP contribution in [0.4, 0.5) is 0 Å². The number of halogens is 3. The number of nitrogens with zero attached hydrogens (tertiary/aromatic N) is 1. The van der Waals surface area contributed by atoms with Crippen molar-refractivity contribution in [3.63, 3.8) is 0 Å². The van der Waals surface area contributed by atoms with Gasteiger partial charge in [-0.25, -0.2) is 0 Å². The molecule has 17 heavy (non-hydrogen) atoms. The van der Waals surface area contributed by atoms with E-state index in [1.165, 1.54) is 0 Å². The molecule has 1 aromatic carbocycles. The summed E-state index contributed by atoms with van der Waals surface area (Å²) in [5.74, 6) is -0.137. The summed E-state index contributed by atoms with van der Waals surface area (Å²) in [7, 11) is 1.75. The summed E-state index contributed by atoms with van der Waals surface area (Å²) in [6, 6.07) is 5.06. The molecule has 0 aliphatic heterocycles. The first-order valence-corrected chi connectivity index (χ1v) is 6.97. The molecule has 0 aromatic heterocycles. The van der Waals surface area contributed by atoms with Gasteiger partial charge in [0.05, 0.1) is 15.6 Å². The Morgan fingerprint density at radius 1 is 1.41 bits per heavy atom. The first-order valence-electron chi connectivity index (χ1n) is 5.09. The molecular weight excluding hydrogens is 325 g/mol. The third-order valence-electron chi connectivity index (χ3n) is 2.72. The average molecular weight is 339 g/mol. The zero-order valence-electron chi connectivity index (χ0n) is 9.93. The molecule has 0 atom stereocenters. The number of carbonyl (C=O) groups excluding carboxylic acids is 1. The first-order chi connectivity index (χ1) is 7.81. The van der Waals surface area contributed by atoms with Gasteiger partial charge in [0.1, 0.15) is 0 Å². The van der Waals surface area contributed by atoms with Gasteiger partial charge in [0.15, 0.2) is 0 Å². The Bertz CT molecular complexity index is 435. The van der Waals surface area contributed by atoms with Gasteiger partial charge in [0, 0.05) is 17.9 Å². The molecular formula is C12H14BrCl2NO. The van der Waals surface area contributed by atoms with Crippen molar-refractivity contribution in [2.75, 3.05) is 12.4 Å². The van der Waals surface area contributed by atoms with Crippen molar-refractivity contribution in [2.24, 2.45) is 0 Å². The molecule has 0 saturated carbocycles. The smallest absolute Gasteiger partial charge is 0.255 e. The van der Waals surface area contributed by atoms with E-state index in [0.717, 1.165) is 0 Å². The highest BCUT2D eigenvalue weighted by molar-refractivity contribution is 9.09. The van der Waals surface area contributed by atoms with Crippen LogP contribution in [0.25, 0.3) is 0 Å². The molecule has 5 heteroatoms. The quantitative estimate of drug-likeness (QED) is 0.755. The molecule has 0 aliphatic rings. The number of amides is 1. The summed E-state index contributed by atoms with van der Waals surface area (Å²) in [6.07, 6.45) is 0. The largest absolute Gasteiger partial charge is 0.336 e. The molecule has 0 N–H and O–H groups in total. The van der Waals surface area contributed by atoms with Crippen molar-refractivity contribution < 1.29 is 4.79 Å². The lowest BCUT2D eigenvalue weighted by atomic mass is 10.1. The lowest BCUT2D eigenvalue weighted by Crippen LogP contribution is -2.46. The molecule has 0 radical (unpaired) electrons. The van der Waals surface area contributed by atoms with Gasteiger partial charge >= 0.3 is 0 Å². The second-order valence-electron chi connectivity index (χ2n) is 4.41. The predicted octanol–water partition coefficient (Wildman–Crippen LogP) is 4.24. The van der Waals surface area contributed by atoms with Gasteiger partial charge in [0.2, 0.25) is 0 Å². The van der Waals surface area contributed by atoms with Gasteiger partial charge < -0.3 is 4.90 Å². The minimum Gasteiger partial charge on any atom is -0.336 e. The van der Waals surface area contributed by atoms with Crippen molar-refractivity contribution in [1.82, 2.24) is 4.90 Å². The molecule has 0 spiro atoms. The van der Waals surface area contributed by atoms with E-state index in [4.69, 9.17) is 23.2 Å². The van der Waals surface area contributed by atoms with E-state index in [1.807, 2.05) is 13.8 Å². The third kappa shape index (κ3) is 3.15. The van der Waals surface area contributed by atoms with Crippen LogP contribution < -0.4 is 0 Å². The van der Waals surface area contributed by atoms with Crippen LogP contribution >= 0.6 is 39.1 Å². The van der Waals surface area contributed by atoms with Crippen LogP contribution in [0.5, 0.6) is 0 Å². The second-order valence-corrected chi connectivity index (χ2v) is 5.76. The zero-order valence-corrected chi connectivity index (χ0v) is 13.0. The van der Waals surface area contributed by atoms with E-state index in [-0.39, 0.29) is 11.4 Å². The fourth-order valence-corrected chi connectivity index (χ4v) is 1.97. The monoisotopic (exact) mass is 337 g/mol. The number of rotatable bonds is 3. The molecule has 1 aromatic rings. The van der Waals surface area contributed by atoms with Gasteiger partial charge in [-0.15, -0.1) is 0 Å². The van der Waals surface area contributed by atoms with Crippen LogP contribution in [-0.2, 0) is 0 Å². The molecule has 0 heterocycles. The van der Waals surface area contributed by atoms with Gasteiger partial charge in [-0.1, -0.05) is 45.2 Å². The second kappa shape index (κ2) is 5.59. The summed E-state index contributed by atoms with van der Waals surface area (Å²) >= 11 is 15.3. The number of alkyl halides is 1. The Labute approximate surface area is 120 Å². The van der Waals surface area contributed by atoms with Gasteiger partial charge in [0.25, 0.3) is 5.91 Å². The molecule has 2 nitrogen and oxygen atoms in total. The highest BCUT2D eigenvalue weighted by Crippen LogP contribution is 2.28. The van der Waals surface area contributed by atoms with Crippen molar-refractivity contribution in [3.8, 4) is 0 Å². The van der Waals surface area contributed by atoms with Gasteiger partial charge in [-0.05, 0) is 26.0 Å². The fourth-order valence-electron chi connectivity index (χ4n) is 1.21. The highest BCUT2D eigenvalue weighted by atomic mass is 79.9. The number of benzene rings is 1. The SMILES string of the molecule is CN(C(=O)c1cccc(Cl)c1Cl)C(C)(C)CBr. The van der Waals surface area contributed by atoms with Crippen molar-refractivity contribution in [2.45, 2.75) is 19.4 Å². The molecule has 0 fully saturated rings. The molecule has 0 aliphatic carbocycles. The average Bonchev–Trinajstić information content (AvgIpc) is 2.30. The maximum atomic E-state index is 12.3. The standard InChI is InChI=1S/C12H14BrCl2NO/c1-12(2,7-13)16(3)11(17)8-5-4-6-9(14)10(8)15/h4-6H,7H2,1-3H3. The maximum Gasteiger partial charge on any atom is 0.255 e. The zero-order chi connectivity index (χ0) is 13.2. The number of hydrogen-bond acceptors (Lipinski definition) is 1. The summed E-state index contributed by atoms with van der Waals surface area (Å²) in [4.78, 5) is 13.9. The van der Waals surface area contributed by atoms with Crippen molar-refractivity contribution in [1.29, 1.82) is 0 Å². The molecule has 1 rings (SSSR count). The first kappa shape index (κ1) is 14.8. The minimum atomic E-state index is -0.289. The fraction of sp³-hybridized carbons (Fsp3) is 0.417. The van der Waals surface area contributed by atoms with Crippen molar-refractivity contribution >= 4 is 45.0 Å². The lowest BCUT2D eigenvalue weighted by Gasteiger charge is -2.34. The predicted molar refractivity (Wildman–Crippen MR) is 76.4 cm³/mol. The normalized spacial score (nSPS) is 11.4. The lowest BCUT2D eigenvalue weighted by molar-refractivity contribution is 0.0664. The van der Waals surface area contributed by atoms with E-state index in [0.29, 0.717) is 20.9 Å². The Hall–Kier alpha value is -0.250. The topological polar surface area (TPSA) is 20.3 Å². The van der Waals surface area contributed by atoms with Crippen LogP contribution in [0.1, 0.15) is 24.2 Å². The minimum absolute atomic E-state index is 0.137. The molecule has 94 valence electrons. The van der Waals surface area contributed by atoms with Crippen LogP contribution in [0.2, 0.25) is 10.0 Å². The van der Waals surface area contributed by atoms with Gasteiger partial charge in [-0.3, -0.25) is 4.79 Å². The van der Waals surface area contributed by atoms with Crippen LogP contribution in [0.3, 0.4) is 0 Å². The van der Waals surface area contributed by atoms with E-state index in [2.05, 4.69) is 15.9 Å². The molecule has 0 unspecified atom stereocenters. The molecule has 1 amide bonds. The number of hydrogen-bond donors (Lipinski definition) is 0. The van der Waals surface area contributed by atoms with Crippen LogP contribution in [0.15, 0.2) is 18.2 Å². The Balaban J connectivity index is 3.09. The van der Waals surface area contributed by atoms with Crippen molar-refractivity contribution in [3.05, 3.63) is 33.8 Å². The maximum absolute atomic E-state index is 12.3. The Kier molecular flexibility index (Phi) is 4.87. The van der Waals surface area contributed by atoms with E-state index < -0.39 is 0 Å². The Morgan fingerprint density at radius 3 is 2.53 bits per heavy atom.